The summed E-state index contributed by atoms with van der Waals surface area (Å²) in [5, 5.41) is 8.72. The van der Waals surface area contributed by atoms with Crippen LogP contribution in [0, 0.1) is 5.82 Å². The van der Waals surface area contributed by atoms with Crippen molar-refractivity contribution in [3.8, 4) is 5.75 Å². The summed E-state index contributed by atoms with van der Waals surface area (Å²) in [6.45, 7) is 1.79. The van der Waals surface area contributed by atoms with Crippen LogP contribution in [0.15, 0.2) is 23.6 Å². The zero-order valence-corrected chi connectivity index (χ0v) is 16.8. The minimum atomic E-state index is -0.595. The van der Waals surface area contributed by atoms with Crippen molar-refractivity contribution in [2.45, 2.75) is 43.7 Å². The van der Waals surface area contributed by atoms with Crippen LogP contribution in [0.1, 0.15) is 41.7 Å². The highest BCUT2D eigenvalue weighted by atomic mass is 35.5. The highest BCUT2D eigenvalue weighted by Gasteiger charge is 2.69. The summed E-state index contributed by atoms with van der Waals surface area (Å²) in [5.41, 5.74) is -0.0795. The molecule has 28 heavy (non-hydrogen) atoms. The van der Waals surface area contributed by atoms with Gasteiger partial charge < -0.3 is 15.4 Å². The number of carbonyl (C=O) groups excluding carboxylic acids is 2. The first-order valence-electron chi connectivity index (χ1n) is 8.98. The molecule has 0 unspecified atom stereocenters. The second-order valence-corrected chi connectivity index (χ2v) is 8.79. The third kappa shape index (κ3) is 3.58. The van der Waals surface area contributed by atoms with E-state index in [4.69, 9.17) is 16.3 Å². The Hall–Kier alpha value is -2.19. The van der Waals surface area contributed by atoms with Gasteiger partial charge >= 0.3 is 0 Å². The normalized spacial score (nSPS) is 24.7. The van der Waals surface area contributed by atoms with E-state index >= 15 is 0 Å². The van der Waals surface area contributed by atoms with Crippen LogP contribution in [0.3, 0.4) is 0 Å². The van der Waals surface area contributed by atoms with E-state index in [1.807, 2.05) is 6.92 Å². The SMILES string of the molecule is CCc1nc(C(=O)NC23CC(NC(=O)COc4ccc(Cl)c(F)c4)(C2)C3)cs1. The van der Waals surface area contributed by atoms with Crippen molar-refractivity contribution < 1.29 is 18.7 Å². The zero-order valence-electron chi connectivity index (χ0n) is 15.2. The number of carbonyl (C=O) groups is 2. The van der Waals surface area contributed by atoms with Crippen LogP contribution >= 0.6 is 22.9 Å². The number of hydrogen-bond donors (Lipinski definition) is 2. The third-order valence-electron chi connectivity index (χ3n) is 5.16. The first-order chi connectivity index (χ1) is 13.3. The second kappa shape index (κ2) is 7.00. The van der Waals surface area contributed by atoms with Gasteiger partial charge in [-0.2, -0.15) is 0 Å². The molecule has 3 aliphatic carbocycles. The van der Waals surface area contributed by atoms with Gasteiger partial charge in [0.25, 0.3) is 11.8 Å². The van der Waals surface area contributed by atoms with E-state index in [0.717, 1.165) is 17.5 Å². The van der Waals surface area contributed by atoms with Gasteiger partial charge in [0, 0.05) is 22.5 Å². The summed E-state index contributed by atoms with van der Waals surface area (Å²) in [6.07, 6.45) is 2.89. The van der Waals surface area contributed by atoms with Crippen molar-refractivity contribution in [3.63, 3.8) is 0 Å². The van der Waals surface area contributed by atoms with Gasteiger partial charge in [-0.1, -0.05) is 18.5 Å². The number of ether oxygens (including phenoxy) is 1. The number of aromatic nitrogens is 1. The van der Waals surface area contributed by atoms with Crippen molar-refractivity contribution >= 4 is 34.8 Å². The lowest BCUT2D eigenvalue weighted by atomic mass is 9.44. The first kappa shape index (κ1) is 19.1. The fraction of sp³-hybridized carbons (Fsp3) is 0.421. The first-order valence-corrected chi connectivity index (χ1v) is 10.2. The fourth-order valence-corrected chi connectivity index (χ4v) is 4.83. The molecule has 2 N–H and O–H groups in total. The van der Waals surface area contributed by atoms with E-state index in [2.05, 4.69) is 15.6 Å². The van der Waals surface area contributed by atoms with Crippen molar-refractivity contribution in [1.82, 2.24) is 15.6 Å². The average Bonchev–Trinajstić information content (AvgIpc) is 3.09. The molecule has 6 nitrogen and oxygen atoms in total. The highest BCUT2D eigenvalue weighted by molar-refractivity contribution is 7.09. The van der Waals surface area contributed by atoms with Crippen LogP contribution in [0.4, 0.5) is 4.39 Å². The molecule has 1 aromatic carbocycles. The Labute approximate surface area is 170 Å². The fourth-order valence-electron chi connectivity index (χ4n) is 3.98. The molecule has 9 heteroatoms. The van der Waals surface area contributed by atoms with Crippen LogP contribution in [0.2, 0.25) is 5.02 Å². The quantitative estimate of drug-likeness (QED) is 0.717. The van der Waals surface area contributed by atoms with Crippen molar-refractivity contribution in [1.29, 1.82) is 0 Å². The van der Waals surface area contributed by atoms with Crippen LogP contribution in [0.25, 0.3) is 0 Å². The van der Waals surface area contributed by atoms with Crippen molar-refractivity contribution in [2.75, 3.05) is 6.61 Å². The van der Waals surface area contributed by atoms with E-state index in [9.17, 15) is 14.0 Å². The minimum absolute atomic E-state index is 0.00147. The Kier molecular flexibility index (Phi) is 4.79. The lowest BCUT2D eigenvalue weighted by Crippen LogP contribution is -2.84. The van der Waals surface area contributed by atoms with Gasteiger partial charge in [-0.05, 0) is 37.8 Å². The van der Waals surface area contributed by atoms with Crippen LogP contribution < -0.4 is 15.4 Å². The molecular formula is C19H19ClFN3O3S. The summed E-state index contributed by atoms with van der Waals surface area (Å²) < 4.78 is 18.7. The monoisotopic (exact) mass is 423 g/mol. The van der Waals surface area contributed by atoms with Crippen LogP contribution in [-0.2, 0) is 11.2 Å². The standard InChI is InChI=1S/C19H19ClFN3O3S/c1-2-16-22-14(7-28-16)17(26)24-19-8-18(9-19,10-19)23-15(25)6-27-11-3-4-12(20)13(21)5-11/h3-5,7H,2,6,8-10H2,1H3,(H,23,25)(H,24,26). The Balaban J connectivity index is 1.23. The Morgan fingerprint density at radius 2 is 2.00 bits per heavy atom. The molecule has 5 rings (SSSR count). The average molecular weight is 424 g/mol. The molecule has 2 amide bonds. The van der Waals surface area contributed by atoms with Gasteiger partial charge in [0.1, 0.15) is 17.3 Å². The number of rotatable bonds is 7. The van der Waals surface area contributed by atoms with Crippen molar-refractivity contribution in [2.24, 2.45) is 0 Å². The molecule has 1 aromatic heterocycles. The largest absolute Gasteiger partial charge is 0.484 e. The predicted octanol–water partition coefficient (Wildman–Crippen LogP) is 3.10. The minimum Gasteiger partial charge on any atom is -0.484 e. The molecule has 2 aromatic rings. The van der Waals surface area contributed by atoms with E-state index < -0.39 is 5.82 Å². The Bertz CT molecular complexity index is 928. The summed E-state index contributed by atoms with van der Waals surface area (Å²) >= 11 is 7.10. The molecule has 3 fully saturated rings. The maximum atomic E-state index is 13.4. The third-order valence-corrected chi connectivity index (χ3v) is 6.46. The highest BCUT2D eigenvalue weighted by Crippen LogP contribution is 2.60. The van der Waals surface area contributed by atoms with Gasteiger partial charge in [-0.25, -0.2) is 9.37 Å². The van der Waals surface area contributed by atoms with Gasteiger partial charge in [-0.3, -0.25) is 9.59 Å². The van der Waals surface area contributed by atoms with Gasteiger partial charge in [0.15, 0.2) is 6.61 Å². The number of hydrogen-bond acceptors (Lipinski definition) is 5. The number of nitrogens with zero attached hydrogens (tertiary/aromatic N) is 1. The number of thiazole rings is 1. The number of halogens is 2. The topological polar surface area (TPSA) is 80.3 Å². The summed E-state index contributed by atoms with van der Waals surface area (Å²) in [6, 6.07) is 4.03. The van der Waals surface area contributed by atoms with E-state index in [1.165, 1.54) is 23.5 Å². The molecule has 0 spiro atoms. The molecule has 0 saturated heterocycles. The molecule has 0 radical (unpaired) electrons. The Morgan fingerprint density at radius 3 is 2.64 bits per heavy atom. The van der Waals surface area contributed by atoms with Gasteiger partial charge in [-0.15, -0.1) is 11.3 Å². The Morgan fingerprint density at radius 1 is 1.29 bits per heavy atom. The predicted molar refractivity (Wildman–Crippen MR) is 103 cm³/mol. The number of benzene rings is 1. The van der Waals surface area contributed by atoms with Crippen LogP contribution in [-0.4, -0.2) is 34.5 Å². The summed E-state index contributed by atoms with van der Waals surface area (Å²) in [5.74, 6) is -0.790. The maximum absolute atomic E-state index is 13.4. The second-order valence-electron chi connectivity index (χ2n) is 7.44. The smallest absolute Gasteiger partial charge is 0.271 e. The van der Waals surface area contributed by atoms with Gasteiger partial charge in [0.05, 0.1) is 10.0 Å². The summed E-state index contributed by atoms with van der Waals surface area (Å²) in [7, 11) is 0. The zero-order chi connectivity index (χ0) is 19.9. The van der Waals surface area contributed by atoms with E-state index in [1.54, 1.807) is 5.38 Å². The van der Waals surface area contributed by atoms with Crippen LogP contribution in [0.5, 0.6) is 5.75 Å². The lowest BCUT2D eigenvalue weighted by Gasteiger charge is -2.70. The molecule has 1 heterocycles. The number of aryl methyl sites for hydroxylation is 1. The molecule has 2 bridgehead atoms. The maximum Gasteiger partial charge on any atom is 0.271 e. The molecule has 3 saturated carbocycles. The molecule has 0 atom stereocenters. The number of amides is 2. The molecular weight excluding hydrogens is 405 g/mol. The van der Waals surface area contributed by atoms with Gasteiger partial charge in [0.2, 0.25) is 0 Å². The summed E-state index contributed by atoms with van der Waals surface area (Å²) in [4.78, 5) is 28.8. The van der Waals surface area contributed by atoms with E-state index in [-0.39, 0.29) is 40.3 Å². The van der Waals surface area contributed by atoms with Crippen molar-refractivity contribution in [3.05, 3.63) is 45.1 Å². The lowest BCUT2D eigenvalue weighted by molar-refractivity contribution is -0.141. The number of nitrogens with one attached hydrogen (secondary N) is 2. The molecule has 3 aliphatic rings. The van der Waals surface area contributed by atoms with E-state index in [0.29, 0.717) is 25.0 Å². The molecule has 148 valence electrons. The molecule has 0 aliphatic heterocycles.